The van der Waals surface area contributed by atoms with Crippen molar-refractivity contribution in [1.82, 2.24) is 9.55 Å². The second-order valence-corrected chi connectivity index (χ2v) is 11.2. The molecule has 1 aliphatic carbocycles. The summed E-state index contributed by atoms with van der Waals surface area (Å²) in [5.41, 5.74) is 1.38. The van der Waals surface area contributed by atoms with Crippen LogP contribution in [0.15, 0.2) is 35.7 Å². The number of carboxylic acid groups (broad SMARTS) is 1. The van der Waals surface area contributed by atoms with Crippen molar-refractivity contribution in [2.45, 2.75) is 71.0 Å². The van der Waals surface area contributed by atoms with E-state index in [0.29, 0.717) is 48.1 Å². The maximum Gasteiger partial charge on any atom is 0.393 e. The second-order valence-electron chi connectivity index (χ2n) is 10.1. The normalized spacial score (nSPS) is 19.6. The molecular weight excluding hydrogens is 489 g/mol. The summed E-state index contributed by atoms with van der Waals surface area (Å²) in [6.07, 6.45) is -1.85. The Labute approximate surface area is 212 Å². The third-order valence-electron chi connectivity index (χ3n) is 7.02. The number of aromatic nitrogens is 2. The van der Waals surface area contributed by atoms with Crippen molar-refractivity contribution in [3.63, 3.8) is 0 Å². The van der Waals surface area contributed by atoms with Gasteiger partial charge in [0.15, 0.2) is 5.78 Å². The number of nitrogens with zero attached hydrogens (tertiary/aromatic N) is 2. The molecule has 2 aromatic heterocycles. The van der Waals surface area contributed by atoms with Gasteiger partial charge < -0.3 is 9.67 Å². The fourth-order valence-corrected chi connectivity index (χ4v) is 6.07. The van der Waals surface area contributed by atoms with Gasteiger partial charge in [-0.1, -0.05) is 32.8 Å². The number of fused-ring (bicyclic) bond motifs is 1. The first-order valence-electron chi connectivity index (χ1n) is 12.4. The summed E-state index contributed by atoms with van der Waals surface area (Å²) >= 11 is 1.53. The summed E-state index contributed by atoms with van der Waals surface area (Å²) in [4.78, 5) is 30.3. The van der Waals surface area contributed by atoms with Crippen LogP contribution in [0, 0.1) is 17.8 Å². The molecule has 0 saturated heterocycles. The van der Waals surface area contributed by atoms with Crippen molar-refractivity contribution in [2.24, 2.45) is 17.8 Å². The molecule has 2 heterocycles. The van der Waals surface area contributed by atoms with Crippen molar-refractivity contribution >= 4 is 34.1 Å². The van der Waals surface area contributed by atoms with E-state index in [9.17, 15) is 27.9 Å². The smallest absolute Gasteiger partial charge is 0.393 e. The van der Waals surface area contributed by atoms with Gasteiger partial charge in [-0.15, -0.1) is 11.3 Å². The minimum atomic E-state index is -4.31. The summed E-state index contributed by atoms with van der Waals surface area (Å²) in [6, 6.07) is 7.96. The lowest BCUT2D eigenvalue weighted by atomic mass is 9.83. The molecule has 0 bridgehead atoms. The minimum Gasteiger partial charge on any atom is -0.481 e. The van der Waals surface area contributed by atoms with Crippen LogP contribution in [0.25, 0.3) is 11.0 Å². The zero-order valence-corrected chi connectivity index (χ0v) is 21.2. The number of rotatable bonds is 9. The van der Waals surface area contributed by atoms with Crippen molar-refractivity contribution in [3.8, 4) is 0 Å². The van der Waals surface area contributed by atoms with Gasteiger partial charge in [0.05, 0.1) is 22.9 Å². The number of carboxylic acids is 1. The molecule has 0 spiro atoms. The van der Waals surface area contributed by atoms with Gasteiger partial charge in [-0.3, -0.25) is 9.59 Å². The first-order chi connectivity index (χ1) is 17.0. The van der Waals surface area contributed by atoms with Gasteiger partial charge in [-0.2, -0.15) is 13.2 Å². The Balaban J connectivity index is 1.73. The zero-order valence-electron chi connectivity index (χ0n) is 20.4. The molecular formula is C27H31F3N2O3S. The van der Waals surface area contributed by atoms with Crippen LogP contribution < -0.4 is 0 Å². The molecule has 3 atom stereocenters. The number of halogens is 3. The predicted octanol–water partition coefficient (Wildman–Crippen LogP) is 7.30. The lowest BCUT2D eigenvalue weighted by molar-refractivity contribution is -0.193. The molecule has 0 radical (unpaired) electrons. The highest BCUT2D eigenvalue weighted by molar-refractivity contribution is 7.09. The average molecular weight is 521 g/mol. The number of hydrogen-bond donors (Lipinski definition) is 1. The number of thiophene rings is 1. The lowest BCUT2D eigenvalue weighted by Gasteiger charge is -2.35. The number of alkyl halides is 3. The highest BCUT2D eigenvalue weighted by Gasteiger charge is 2.47. The van der Waals surface area contributed by atoms with Crippen LogP contribution in [0.4, 0.5) is 13.2 Å². The monoisotopic (exact) mass is 520 g/mol. The molecule has 0 amide bonds. The molecule has 1 aromatic carbocycles. The molecule has 4 rings (SSSR count). The van der Waals surface area contributed by atoms with Crippen molar-refractivity contribution in [1.29, 1.82) is 0 Å². The molecule has 36 heavy (non-hydrogen) atoms. The van der Waals surface area contributed by atoms with E-state index in [0.717, 1.165) is 11.3 Å². The Morgan fingerprint density at radius 1 is 1.19 bits per heavy atom. The molecule has 1 aliphatic rings. The zero-order chi connectivity index (χ0) is 26.0. The second kappa shape index (κ2) is 10.7. The molecule has 3 aromatic rings. The Morgan fingerprint density at radius 3 is 2.58 bits per heavy atom. The van der Waals surface area contributed by atoms with E-state index in [1.807, 2.05) is 31.4 Å². The van der Waals surface area contributed by atoms with E-state index in [4.69, 9.17) is 4.98 Å². The minimum absolute atomic E-state index is 0.0925. The van der Waals surface area contributed by atoms with Crippen LogP contribution in [0.5, 0.6) is 0 Å². The molecule has 2 unspecified atom stereocenters. The van der Waals surface area contributed by atoms with Crippen LogP contribution in [0.2, 0.25) is 0 Å². The van der Waals surface area contributed by atoms with Crippen molar-refractivity contribution < 1.29 is 27.9 Å². The molecule has 194 valence electrons. The largest absolute Gasteiger partial charge is 0.481 e. The number of benzene rings is 1. The third kappa shape index (κ3) is 5.82. The van der Waals surface area contributed by atoms with Crippen LogP contribution in [0.3, 0.4) is 0 Å². The van der Waals surface area contributed by atoms with Gasteiger partial charge in [-0.25, -0.2) is 4.98 Å². The maximum atomic E-state index is 14.0. The first-order valence-corrected chi connectivity index (χ1v) is 13.3. The number of aliphatic carboxylic acids is 1. The summed E-state index contributed by atoms with van der Waals surface area (Å²) in [7, 11) is 0. The lowest BCUT2D eigenvalue weighted by Crippen LogP contribution is -2.35. The van der Waals surface area contributed by atoms with E-state index < -0.39 is 30.0 Å². The Kier molecular flexibility index (Phi) is 7.87. The number of hydrogen-bond acceptors (Lipinski definition) is 4. The van der Waals surface area contributed by atoms with E-state index in [1.165, 1.54) is 11.3 Å². The Morgan fingerprint density at radius 2 is 1.94 bits per heavy atom. The van der Waals surface area contributed by atoms with E-state index >= 15 is 0 Å². The van der Waals surface area contributed by atoms with Gasteiger partial charge in [0.1, 0.15) is 5.82 Å². The van der Waals surface area contributed by atoms with Crippen molar-refractivity contribution in [2.75, 3.05) is 0 Å². The highest BCUT2D eigenvalue weighted by atomic mass is 32.1. The number of carbonyl (C=O) groups excluding carboxylic acids is 1. The maximum absolute atomic E-state index is 14.0. The molecule has 9 heteroatoms. The average Bonchev–Trinajstić information content (AvgIpc) is 3.44. The number of ketones is 1. The summed E-state index contributed by atoms with van der Waals surface area (Å²) in [5, 5.41) is 11.5. The van der Waals surface area contributed by atoms with E-state index in [-0.39, 0.29) is 24.5 Å². The standard InChI is InChI=1S/C27H31F3N2O3S/c1-16(2)12-18(26(34)35)14-24(33)17-9-10-23-21(13-17)31-25(15-19-6-5-11-36-19)32(23)22-8-4-3-7-20(22)27(28,29)30/h5-6,9-11,13,16,18,20,22H,3-4,7-8,12,14-15H2,1-2H3,(H,34,35)/t18-,20?,22?/m1/s1. The molecule has 0 aliphatic heterocycles. The Bertz CT molecular complexity index is 1220. The quantitative estimate of drug-likeness (QED) is 0.301. The van der Waals surface area contributed by atoms with Gasteiger partial charge >= 0.3 is 12.1 Å². The molecule has 1 N–H and O–H groups in total. The van der Waals surface area contributed by atoms with Crippen LogP contribution in [0.1, 0.15) is 79.5 Å². The van der Waals surface area contributed by atoms with E-state index in [2.05, 4.69) is 0 Å². The molecule has 1 fully saturated rings. The summed E-state index contributed by atoms with van der Waals surface area (Å²) in [5.74, 6) is -2.84. The van der Waals surface area contributed by atoms with Gasteiger partial charge in [0, 0.05) is 29.3 Å². The van der Waals surface area contributed by atoms with Gasteiger partial charge in [0.2, 0.25) is 0 Å². The fourth-order valence-electron chi connectivity index (χ4n) is 5.37. The highest BCUT2D eigenvalue weighted by Crippen LogP contribution is 2.45. The first kappa shape index (κ1) is 26.4. The van der Waals surface area contributed by atoms with E-state index in [1.54, 1.807) is 22.8 Å². The topological polar surface area (TPSA) is 72.2 Å². The Hall–Kier alpha value is -2.68. The van der Waals surface area contributed by atoms with Crippen LogP contribution >= 0.6 is 11.3 Å². The van der Waals surface area contributed by atoms with Gasteiger partial charge in [-0.05, 0) is 54.8 Å². The predicted molar refractivity (Wildman–Crippen MR) is 133 cm³/mol. The van der Waals surface area contributed by atoms with Crippen LogP contribution in [-0.2, 0) is 11.2 Å². The molecule has 5 nitrogen and oxygen atoms in total. The fraction of sp³-hybridized carbons (Fsp3) is 0.519. The summed E-state index contributed by atoms with van der Waals surface area (Å²) in [6.45, 7) is 3.82. The number of carbonyl (C=O) groups is 2. The van der Waals surface area contributed by atoms with Gasteiger partial charge in [0.25, 0.3) is 0 Å². The summed E-state index contributed by atoms with van der Waals surface area (Å²) < 4.78 is 43.8. The van der Waals surface area contributed by atoms with Crippen LogP contribution in [-0.4, -0.2) is 32.6 Å². The van der Waals surface area contributed by atoms with Crippen molar-refractivity contribution in [3.05, 3.63) is 52.0 Å². The molecule has 1 saturated carbocycles. The third-order valence-corrected chi connectivity index (χ3v) is 7.89. The number of imidazole rings is 1. The number of Topliss-reactive ketones (excluding diaryl/α,β-unsaturated/α-hetero) is 1. The SMILES string of the molecule is CC(C)C[C@H](CC(=O)c1ccc2c(c1)nc(Cc1cccs1)n2C1CCCCC1C(F)(F)F)C(=O)O.